The number of aliphatic hydroxyl groups excluding tert-OH is 1. The zero-order valence-electron chi connectivity index (χ0n) is 11.0. The number of ether oxygens (including phenoxy) is 1. The van der Waals surface area contributed by atoms with Crippen molar-refractivity contribution in [1.82, 2.24) is 0 Å². The molecule has 1 aromatic rings. The van der Waals surface area contributed by atoms with Gasteiger partial charge < -0.3 is 25.6 Å². The van der Waals surface area contributed by atoms with Crippen LogP contribution in [0.4, 0.5) is 15.8 Å². The number of rotatable bonds is 3. The molecule has 1 aromatic carbocycles. The SMILES string of the molecule is CC1COC(CO)CN1c1cc(C(=O)O)c(N)cc1F. The molecule has 0 bridgehead atoms. The fourth-order valence-corrected chi connectivity index (χ4v) is 2.25. The number of carboxylic acid groups (broad SMARTS) is 1. The molecular formula is C13H17FN2O4. The Kier molecular flexibility index (Phi) is 4.10. The summed E-state index contributed by atoms with van der Waals surface area (Å²) in [5, 5.41) is 18.2. The van der Waals surface area contributed by atoms with Crippen molar-refractivity contribution in [2.24, 2.45) is 0 Å². The molecule has 4 N–H and O–H groups in total. The Bertz CT molecular complexity index is 523. The summed E-state index contributed by atoms with van der Waals surface area (Å²) in [6.45, 7) is 2.28. The number of nitrogen functional groups attached to an aromatic ring is 1. The Morgan fingerprint density at radius 1 is 1.60 bits per heavy atom. The van der Waals surface area contributed by atoms with Gasteiger partial charge in [-0.3, -0.25) is 0 Å². The van der Waals surface area contributed by atoms with Gasteiger partial charge in [0, 0.05) is 18.3 Å². The third kappa shape index (κ3) is 2.68. The van der Waals surface area contributed by atoms with Gasteiger partial charge in [0.2, 0.25) is 0 Å². The lowest BCUT2D eigenvalue weighted by Gasteiger charge is -2.39. The van der Waals surface area contributed by atoms with E-state index in [4.69, 9.17) is 20.7 Å². The minimum atomic E-state index is -1.21. The number of hydrogen-bond acceptors (Lipinski definition) is 5. The molecule has 0 spiro atoms. The number of halogens is 1. The fraction of sp³-hybridized carbons (Fsp3) is 0.462. The predicted molar refractivity (Wildman–Crippen MR) is 71.4 cm³/mol. The Balaban J connectivity index is 2.40. The molecule has 0 radical (unpaired) electrons. The van der Waals surface area contributed by atoms with Gasteiger partial charge in [0.15, 0.2) is 0 Å². The number of aliphatic hydroxyl groups is 1. The molecule has 1 fully saturated rings. The maximum Gasteiger partial charge on any atom is 0.337 e. The first kappa shape index (κ1) is 14.5. The van der Waals surface area contributed by atoms with E-state index in [9.17, 15) is 9.18 Å². The number of aromatic carboxylic acids is 1. The lowest BCUT2D eigenvalue weighted by Crippen LogP contribution is -2.50. The van der Waals surface area contributed by atoms with Crippen LogP contribution in [0.2, 0.25) is 0 Å². The van der Waals surface area contributed by atoms with Crippen molar-refractivity contribution in [2.75, 3.05) is 30.4 Å². The van der Waals surface area contributed by atoms with Gasteiger partial charge in [-0.1, -0.05) is 0 Å². The average molecular weight is 284 g/mol. The number of morpholine rings is 1. The molecule has 20 heavy (non-hydrogen) atoms. The van der Waals surface area contributed by atoms with Crippen molar-refractivity contribution in [3.63, 3.8) is 0 Å². The Labute approximate surface area is 115 Å². The molecule has 1 heterocycles. The van der Waals surface area contributed by atoms with E-state index >= 15 is 0 Å². The molecule has 2 unspecified atom stereocenters. The van der Waals surface area contributed by atoms with E-state index in [2.05, 4.69) is 0 Å². The summed E-state index contributed by atoms with van der Waals surface area (Å²) in [5.41, 5.74) is 5.41. The van der Waals surface area contributed by atoms with Gasteiger partial charge in [-0.15, -0.1) is 0 Å². The molecular weight excluding hydrogens is 267 g/mol. The first-order valence-electron chi connectivity index (χ1n) is 6.25. The molecule has 0 amide bonds. The number of carbonyl (C=O) groups is 1. The van der Waals surface area contributed by atoms with Crippen LogP contribution >= 0.6 is 0 Å². The molecule has 2 atom stereocenters. The standard InChI is InChI=1S/C13H17FN2O4/c1-7-6-20-8(5-17)4-16(7)12-2-9(13(18)19)11(15)3-10(12)14/h2-3,7-8,17H,4-6,15H2,1H3,(H,18,19). The molecule has 110 valence electrons. The highest BCUT2D eigenvalue weighted by Gasteiger charge is 2.28. The van der Waals surface area contributed by atoms with Crippen LogP contribution in [-0.4, -0.2) is 48.1 Å². The van der Waals surface area contributed by atoms with Gasteiger partial charge in [-0.2, -0.15) is 0 Å². The molecule has 1 aliphatic heterocycles. The molecule has 1 saturated heterocycles. The van der Waals surface area contributed by atoms with Crippen LogP contribution in [0, 0.1) is 5.82 Å². The molecule has 0 aliphatic carbocycles. The van der Waals surface area contributed by atoms with Crippen LogP contribution in [0.3, 0.4) is 0 Å². The van der Waals surface area contributed by atoms with Crippen molar-refractivity contribution in [2.45, 2.75) is 19.1 Å². The molecule has 1 aliphatic rings. The van der Waals surface area contributed by atoms with E-state index in [0.717, 1.165) is 6.07 Å². The smallest absolute Gasteiger partial charge is 0.337 e. The number of nitrogens with zero attached hydrogens (tertiary/aromatic N) is 1. The van der Waals surface area contributed by atoms with Gasteiger partial charge in [0.25, 0.3) is 0 Å². The van der Waals surface area contributed by atoms with Crippen molar-refractivity contribution < 1.29 is 24.1 Å². The number of anilines is 2. The summed E-state index contributed by atoms with van der Waals surface area (Å²) < 4.78 is 19.4. The van der Waals surface area contributed by atoms with Crippen LogP contribution in [0.25, 0.3) is 0 Å². The zero-order valence-corrected chi connectivity index (χ0v) is 11.0. The van der Waals surface area contributed by atoms with E-state index in [-0.39, 0.29) is 36.1 Å². The van der Waals surface area contributed by atoms with Crippen molar-refractivity contribution in [3.8, 4) is 0 Å². The van der Waals surface area contributed by atoms with Gasteiger partial charge in [0.1, 0.15) is 5.82 Å². The Hall–Kier alpha value is -1.86. The fourth-order valence-electron chi connectivity index (χ4n) is 2.25. The van der Waals surface area contributed by atoms with Gasteiger partial charge in [0.05, 0.1) is 30.6 Å². The number of benzene rings is 1. The maximum atomic E-state index is 14.1. The van der Waals surface area contributed by atoms with Crippen molar-refractivity contribution in [3.05, 3.63) is 23.5 Å². The Morgan fingerprint density at radius 2 is 2.30 bits per heavy atom. The lowest BCUT2D eigenvalue weighted by molar-refractivity contribution is -0.0105. The quantitative estimate of drug-likeness (QED) is 0.707. The van der Waals surface area contributed by atoms with Crippen molar-refractivity contribution >= 4 is 17.3 Å². The molecule has 6 nitrogen and oxygen atoms in total. The highest BCUT2D eigenvalue weighted by Crippen LogP contribution is 2.29. The molecule has 7 heteroatoms. The minimum absolute atomic E-state index is 0.113. The van der Waals surface area contributed by atoms with Gasteiger partial charge in [-0.05, 0) is 19.1 Å². The third-order valence-electron chi connectivity index (χ3n) is 3.37. The predicted octanol–water partition coefficient (Wildman–Crippen LogP) is 0.692. The largest absolute Gasteiger partial charge is 0.478 e. The van der Waals surface area contributed by atoms with E-state index in [1.54, 1.807) is 4.90 Å². The monoisotopic (exact) mass is 284 g/mol. The highest BCUT2D eigenvalue weighted by molar-refractivity contribution is 5.95. The van der Waals surface area contributed by atoms with E-state index in [0.29, 0.717) is 6.61 Å². The first-order chi connectivity index (χ1) is 9.43. The molecule has 0 saturated carbocycles. The van der Waals surface area contributed by atoms with E-state index in [1.807, 2.05) is 6.92 Å². The topological polar surface area (TPSA) is 96.0 Å². The highest BCUT2D eigenvalue weighted by atomic mass is 19.1. The van der Waals surface area contributed by atoms with Crippen LogP contribution in [0.15, 0.2) is 12.1 Å². The van der Waals surface area contributed by atoms with Crippen LogP contribution < -0.4 is 10.6 Å². The second kappa shape index (κ2) is 5.64. The first-order valence-corrected chi connectivity index (χ1v) is 6.25. The number of nitrogens with two attached hydrogens (primary N) is 1. The summed E-state index contributed by atoms with van der Waals surface area (Å²) in [7, 11) is 0. The van der Waals surface area contributed by atoms with E-state index in [1.165, 1.54) is 6.07 Å². The van der Waals surface area contributed by atoms with Crippen molar-refractivity contribution in [1.29, 1.82) is 0 Å². The zero-order chi connectivity index (χ0) is 14.9. The minimum Gasteiger partial charge on any atom is -0.478 e. The normalized spacial score (nSPS) is 22.9. The lowest BCUT2D eigenvalue weighted by atomic mass is 10.1. The summed E-state index contributed by atoms with van der Waals surface area (Å²) in [6.07, 6.45) is -0.420. The number of hydrogen-bond donors (Lipinski definition) is 3. The second-order valence-corrected chi connectivity index (χ2v) is 4.84. The summed E-state index contributed by atoms with van der Waals surface area (Å²) >= 11 is 0. The summed E-state index contributed by atoms with van der Waals surface area (Å²) in [6, 6.07) is 2.11. The third-order valence-corrected chi connectivity index (χ3v) is 3.37. The summed E-state index contributed by atoms with van der Waals surface area (Å²) in [4.78, 5) is 12.8. The Morgan fingerprint density at radius 3 is 2.90 bits per heavy atom. The molecule has 0 aromatic heterocycles. The maximum absolute atomic E-state index is 14.1. The second-order valence-electron chi connectivity index (χ2n) is 4.84. The van der Waals surface area contributed by atoms with Crippen LogP contribution in [0.1, 0.15) is 17.3 Å². The van der Waals surface area contributed by atoms with Crippen LogP contribution in [0.5, 0.6) is 0 Å². The van der Waals surface area contributed by atoms with E-state index < -0.39 is 17.9 Å². The van der Waals surface area contributed by atoms with Crippen LogP contribution in [-0.2, 0) is 4.74 Å². The van der Waals surface area contributed by atoms with Gasteiger partial charge in [-0.25, -0.2) is 9.18 Å². The molecule has 2 rings (SSSR count). The number of carboxylic acids is 1. The summed E-state index contributed by atoms with van der Waals surface area (Å²) in [5.74, 6) is -1.79. The van der Waals surface area contributed by atoms with Gasteiger partial charge >= 0.3 is 5.97 Å². The average Bonchev–Trinajstić information content (AvgIpc) is 2.39.